The van der Waals surface area contributed by atoms with Gasteiger partial charge in [-0.2, -0.15) is 4.31 Å². The molecule has 6 nitrogen and oxygen atoms in total. The van der Waals surface area contributed by atoms with Gasteiger partial charge in [0.25, 0.3) is 10.0 Å². The zero-order valence-corrected chi connectivity index (χ0v) is 19.3. The maximum Gasteiger partial charge on any atom is 0.252 e. The van der Waals surface area contributed by atoms with Crippen LogP contribution < -0.4 is 4.90 Å². The van der Waals surface area contributed by atoms with Gasteiger partial charge in [0, 0.05) is 43.8 Å². The minimum atomic E-state index is -3.50. The van der Waals surface area contributed by atoms with E-state index in [0.29, 0.717) is 30.3 Å². The zero-order chi connectivity index (χ0) is 22.1. The normalized spacial score (nSPS) is 18.3. The van der Waals surface area contributed by atoms with Crippen LogP contribution in [0.1, 0.15) is 25.0 Å². The summed E-state index contributed by atoms with van der Waals surface area (Å²) in [6.07, 6.45) is 4.24. The number of thiophene rings is 1. The molecule has 1 saturated heterocycles. The fourth-order valence-corrected chi connectivity index (χ4v) is 6.56. The van der Waals surface area contributed by atoms with E-state index in [2.05, 4.69) is 9.88 Å². The van der Waals surface area contributed by atoms with Crippen LogP contribution in [-0.4, -0.2) is 48.5 Å². The van der Waals surface area contributed by atoms with E-state index in [1.165, 1.54) is 11.3 Å². The van der Waals surface area contributed by atoms with E-state index in [1.54, 1.807) is 48.1 Å². The van der Waals surface area contributed by atoms with Gasteiger partial charge in [-0.1, -0.05) is 18.2 Å². The molecule has 31 heavy (non-hydrogen) atoms. The summed E-state index contributed by atoms with van der Waals surface area (Å²) in [4.78, 5) is 6.37. The Morgan fingerprint density at radius 2 is 1.81 bits per heavy atom. The molecule has 0 amide bonds. The van der Waals surface area contributed by atoms with E-state index in [-0.39, 0.29) is 6.04 Å². The molecule has 0 aliphatic carbocycles. The van der Waals surface area contributed by atoms with Crippen LogP contribution in [0.5, 0.6) is 0 Å². The Morgan fingerprint density at radius 3 is 2.42 bits per heavy atom. The number of hydrogen-bond donors (Lipinski definition) is 1. The highest BCUT2D eigenvalue weighted by Crippen LogP contribution is 2.29. The molecule has 1 aliphatic rings. The Balaban J connectivity index is 1.62. The smallest absolute Gasteiger partial charge is 0.252 e. The molecule has 1 aromatic carbocycles. The first-order valence-corrected chi connectivity index (χ1v) is 12.6. The summed E-state index contributed by atoms with van der Waals surface area (Å²) < 4.78 is 28.2. The summed E-state index contributed by atoms with van der Waals surface area (Å²) >= 11 is 1.25. The molecular formula is C23H27N3O3S2. The SMILES string of the molecule is CC(C)(O)c1ccc(N2CCN(S(=O)(=O)c3cccs3)C[C@@H]2Cc2ccncc2)cc1. The molecule has 0 unspecified atom stereocenters. The lowest BCUT2D eigenvalue weighted by molar-refractivity contribution is 0.0786. The lowest BCUT2D eigenvalue weighted by Crippen LogP contribution is -2.55. The monoisotopic (exact) mass is 457 g/mol. The number of rotatable bonds is 6. The molecule has 164 valence electrons. The number of hydrogen-bond acceptors (Lipinski definition) is 6. The number of aliphatic hydroxyl groups is 1. The van der Waals surface area contributed by atoms with Crippen molar-refractivity contribution in [1.82, 2.24) is 9.29 Å². The van der Waals surface area contributed by atoms with Crippen molar-refractivity contribution in [3.63, 3.8) is 0 Å². The highest BCUT2D eigenvalue weighted by Gasteiger charge is 2.35. The predicted molar refractivity (Wildman–Crippen MR) is 124 cm³/mol. The van der Waals surface area contributed by atoms with E-state index in [9.17, 15) is 13.5 Å². The van der Waals surface area contributed by atoms with Crippen molar-refractivity contribution in [2.24, 2.45) is 0 Å². The minimum Gasteiger partial charge on any atom is -0.386 e. The zero-order valence-electron chi connectivity index (χ0n) is 17.7. The largest absolute Gasteiger partial charge is 0.386 e. The first-order valence-electron chi connectivity index (χ1n) is 10.3. The predicted octanol–water partition coefficient (Wildman–Crippen LogP) is 3.49. The summed E-state index contributed by atoms with van der Waals surface area (Å²) in [5, 5.41) is 12.1. The van der Waals surface area contributed by atoms with Crippen LogP contribution in [0.25, 0.3) is 0 Å². The first-order chi connectivity index (χ1) is 14.7. The molecule has 0 bridgehead atoms. The fourth-order valence-electron chi connectivity index (χ4n) is 3.95. The summed E-state index contributed by atoms with van der Waals surface area (Å²) in [6, 6.07) is 15.3. The lowest BCUT2D eigenvalue weighted by Gasteiger charge is -2.42. The van der Waals surface area contributed by atoms with Crippen molar-refractivity contribution in [2.75, 3.05) is 24.5 Å². The van der Waals surface area contributed by atoms with Crippen LogP contribution in [0, 0.1) is 0 Å². The van der Waals surface area contributed by atoms with Crippen LogP contribution in [0.15, 0.2) is 70.5 Å². The van der Waals surface area contributed by atoms with E-state index >= 15 is 0 Å². The molecule has 2 aromatic heterocycles. The van der Waals surface area contributed by atoms with Crippen LogP contribution in [0.3, 0.4) is 0 Å². The molecule has 8 heteroatoms. The molecule has 0 spiro atoms. The molecule has 4 rings (SSSR count). The molecule has 3 aromatic rings. The van der Waals surface area contributed by atoms with Gasteiger partial charge in [-0.05, 0) is 67.1 Å². The van der Waals surface area contributed by atoms with E-state index in [1.807, 2.05) is 36.4 Å². The van der Waals surface area contributed by atoms with Gasteiger partial charge in [0.1, 0.15) is 4.21 Å². The van der Waals surface area contributed by atoms with Crippen LogP contribution in [0.4, 0.5) is 5.69 Å². The van der Waals surface area contributed by atoms with Gasteiger partial charge < -0.3 is 10.0 Å². The van der Waals surface area contributed by atoms with E-state index in [0.717, 1.165) is 16.8 Å². The van der Waals surface area contributed by atoms with Gasteiger partial charge in [-0.15, -0.1) is 11.3 Å². The van der Waals surface area contributed by atoms with Gasteiger partial charge in [0.15, 0.2) is 0 Å². The Bertz CT molecular complexity index is 1090. The maximum atomic E-state index is 13.1. The Morgan fingerprint density at radius 1 is 1.10 bits per heavy atom. The van der Waals surface area contributed by atoms with E-state index < -0.39 is 15.6 Å². The fraction of sp³-hybridized carbons (Fsp3) is 0.348. The standard InChI is InChI=1S/C23H27N3O3S2/c1-23(2,27)19-5-7-20(8-6-19)26-14-13-25(31(28,29)22-4-3-15-30-22)17-21(26)16-18-9-11-24-12-10-18/h3-12,15,21,27H,13-14,16-17H2,1-2H3/t21-/m0/s1. The molecule has 1 fully saturated rings. The number of nitrogens with zero attached hydrogens (tertiary/aromatic N) is 3. The van der Waals surface area contributed by atoms with Gasteiger partial charge in [0.2, 0.25) is 0 Å². The minimum absolute atomic E-state index is 0.0149. The maximum absolute atomic E-state index is 13.1. The van der Waals surface area contributed by atoms with Crippen molar-refractivity contribution < 1.29 is 13.5 Å². The van der Waals surface area contributed by atoms with Gasteiger partial charge in [-0.25, -0.2) is 8.42 Å². The van der Waals surface area contributed by atoms with Crippen LogP contribution in [0.2, 0.25) is 0 Å². The van der Waals surface area contributed by atoms with Crippen molar-refractivity contribution in [2.45, 2.75) is 36.1 Å². The Kier molecular flexibility index (Phi) is 6.16. The molecule has 3 heterocycles. The molecule has 0 saturated carbocycles. The second-order valence-corrected chi connectivity index (χ2v) is 11.4. The molecule has 1 atom stereocenters. The number of benzene rings is 1. The van der Waals surface area contributed by atoms with Crippen molar-refractivity contribution in [1.29, 1.82) is 0 Å². The quantitative estimate of drug-likeness (QED) is 0.613. The van der Waals surface area contributed by atoms with Crippen molar-refractivity contribution in [3.8, 4) is 0 Å². The Hall–Kier alpha value is -2.26. The molecule has 0 radical (unpaired) electrons. The molecule has 1 N–H and O–H groups in total. The second-order valence-electron chi connectivity index (χ2n) is 8.31. The summed E-state index contributed by atoms with van der Waals surface area (Å²) in [7, 11) is -3.50. The average Bonchev–Trinajstić information content (AvgIpc) is 3.30. The summed E-state index contributed by atoms with van der Waals surface area (Å²) in [6.45, 7) is 4.98. The number of aromatic nitrogens is 1. The highest BCUT2D eigenvalue weighted by molar-refractivity contribution is 7.91. The van der Waals surface area contributed by atoms with Gasteiger partial charge >= 0.3 is 0 Å². The van der Waals surface area contributed by atoms with Gasteiger partial charge in [-0.3, -0.25) is 4.98 Å². The number of piperazine rings is 1. The molecular weight excluding hydrogens is 430 g/mol. The topological polar surface area (TPSA) is 73.7 Å². The number of sulfonamides is 1. The number of anilines is 1. The average molecular weight is 458 g/mol. The van der Waals surface area contributed by atoms with E-state index in [4.69, 9.17) is 0 Å². The lowest BCUT2D eigenvalue weighted by atomic mass is 9.97. The third-order valence-electron chi connectivity index (χ3n) is 5.66. The van der Waals surface area contributed by atoms with Crippen molar-refractivity contribution >= 4 is 27.0 Å². The number of pyridine rings is 1. The highest BCUT2D eigenvalue weighted by atomic mass is 32.2. The third-order valence-corrected chi connectivity index (χ3v) is 8.90. The molecule has 1 aliphatic heterocycles. The van der Waals surface area contributed by atoms with Crippen molar-refractivity contribution in [3.05, 3.63) is 77.4 Å². The van der Waals surface area contributed by atoms with Gasteiger partial charge in [0.05, 0.1) is 5.60 Å². The first kappa shape index (κ1) is 22.0. The third kappa shape index (κ3) is 4.82. The van der Waals surface area contributed by atoms with Crippen LogP contribution in [-0.2, 0) is 22.0 Å². The van der Waals surface area contributed by atoms with Crippen LogP contribution >= 0.6 is 11.3 Å². The summed E-state index contributed by atoms with van der Waals surface area (Å²) in [5.74, 6) is 0. The Labute approximate surface area is 187 Å². The summed E-state index contributed by atoms with van der Waals surface area (Å²) in [5.41, 5.74) is 2.09. The second kappa shape index (κ2) is 8.70.